The SMILES string of the molecule is CC(C)n1cc(O[C@H]2CCCC(F)(F)C2)cn1. The summed E-state index contributed by atoms with van der Waals surface area (Å²) in [7, 11) is 0. The monoisotopic (exact) mass is 244 g/mol. The van der Waals surface area contributed by atoms with Gasteiger partial charge in [-0.05, 0) is 26.7 Å². The van der Waals surface area contributed by atoms with E-state index in [-0.39, 0.29) is 25.0 Å². The Bertz CT molecular complexity index is 376. The van der Waals surface area contributed by atoms with Crippen LogP contribution >= 0.6 is 0 Å². The first-order valence-electron chi connectivity index (χ1n) is 6.05. The van der Waals surface area contributed by atoms with Crippen LogP contribution in [0.5, 0.6) is 5.75 Å². The normalized spacial score (nSPS) is 23.9. The van der Waals surface area contributed by atoms with Crippen LogP contribution in [0, 0.1) is 0 Å². The van der Waals surface area contributed by atoms with E-state index in [4.69, 9.17) is 4.74 Å². The van der Waals surface area contributed by atoms with Crippen LogP contribution in [0.3, 0.4) is 0 Å². The maximum absolute atomic E-state index is 13.2. The Morgan fingerprint density at radius 2 is 2.29 bits per heavy atom. The van der Waals surface area contributed by atoms with Crippen molar-refractivity contribution < 1.29 is 13.5 Å². The summed E-state index contributed by atoms with van der Waals surface area (Å²) >= 11 is 0. The Labute approximate surface area is 99.8 Å². The van der Waals surface area contributed by atoms with Gasteiger partial charge in [-0.15, -0.1) is 0 Å². The first-order chi connectivity index (χ1) is 7.96. The zero-order valence-corrected chi connectivity index (χ0v) is 10.2. The number of hydrogen-bond acceptors (Lipinski definition) is 2. The maximum Gasteiger partial charge on any atom is 0.251 e. The number of hydrogen-bond donors (Lipinski definition) is 0. The van der Waals surface area contributed by atoms with E-state index in [1.54, 1.807) is 17.1 Å². The smallest absolute Gasteiger partial charge is 0.251 e. The number of halogens is 2. The van der Waals surface area contributed by atoms with Crippen LogP contribution in [0.25, 0.3) is 0 Å². The summed E-state index contributed by atoms with van der Waals surface area (Å²) < 4.78 is 33.7. The molecule has 17 heavy (non-hydrogen) atoms. The fourth-order valence-electron chi connectivity index (χ4n) is 2.08. The van der Waals surface area contributed by atoms with E-state index in [0.29, 0.717) is 18.6 Å². The fourth-order valence-corrected chi connectivity index (χ4v) is 2.08. The summed E-state index contributed by atoms with van der Waals surface area (Å²) in [6, 6.07) is 0.250. The lowest BCUT2D eigenvalue weighted by Gasteiger charge is -2.28. The van der Waals surface area contributed by atoms with E-state index in [0.717, 1.165) is 0 Å². The predicted molar refractivity (Wildman–Crippen MR) is 60.4 cm³/mol. The minimum atomic E-state index is -2.57. The molecule has 1 heterocycles. The Hall–Kier alpha value is -1.13. The average molecular weight is 244 g/mol. The summed E-state index contributed by atoms with van der Waals surface area (Å²) in [5, 5.41) is 4.12. The van der Waals surface area contributed by atoms with Crippen molar-refractivity contribution in [2.24, 2.45) is 0 Å². The van der Waals surface area contributed by atoms with Gasteiger partial charge < -0.3 is 4.74 Å². The standard InChI is InChI=1S/C12H18F2N2O/c1-9(2)16-8-11(7-15-16)17-10-4-3-5-12(13,14)6-10/h7-10H,3-6H2,1-2H3/t10-/m0/s1. The molecule has 0 bridgehead atoms. The van der Waals surface area contributed by atoms with Gasteiger partial charge >= 0.3 is 0 Å². The largest absolute Gasteiger partial charge is 0.487 e. The van der Waals surface area contributed by atoms with E-state index < -0.39 is 5.92 Å². The van der Waals surface area contributed by atoms with E-state index in [9.17, 15) is 8.78 Å². The second-order valence-corrected chi connectivity index (χ2v) is 4.94. The number of ether oxygens (including phenoxy) is 1. The highest BCUT2D eigenvalue weighted by Crippen LogP contribution is 2.35. The molecule has 1 saturated carbocycles. The summed E-state index contributed by atoms with van der Waals surface area (Å²) in [5.74, 6) is -1.99. The average Bonchev–Trinajstić information content (AvgIpc) is 2.64. The molecule has 1 aromatic rings. The molecule has 0 amide bonds. The molecular formula is C12H18F2N2O. The van der Waals surface area contributed by atoms with E-state index in [2.05, 4.69) is 5.10 Å². The van der Waals surface area contributed by atoms with Crippen molar-refractivity contribution in [2.75, 3.05) is 0 Å². The van der Waals surface area contributed by atoms with Crippen LogP contribution in [-0.4, -0.2) is 21.8 Å². The minimum Gasteiger partial charge on any atom is -0.487 e. The molecule has 0 spiro atoms. The second kappa shape index (κ2) is 4.63. The van der Waals surface area contributed by atoms with E-state index in [1.165, 1.54) is 0 Å². The Balaban J connectivity index is 1.95. The van der Waals surface area contributed by atoms with Crippen molar-refractivity contribution in [3.63, 3.8) is 0 Å². The van der Waals surface area contributed by atoms with Gasteiger partial charge in [0.15, 0.2) is 5.75 Å². The van der Waals surface area contributed by atoms with Gasteiger partial charge in [-0.2, -0.15) is 5.10 Å². The highest BCUT2D eigenvalue weighted by molar-refractivity contribution is 5.12. The highest BCUT2D eigenvalue weighted by atomic mass is 19.3. The second-order valence-electron chi connectivity index (χ2n) is 4.94. The van der Waals surface area contributed by atoms with Gasteiger partial charge in [0, 0.05) is 18.9 Å². The zero-order chi connectivity index (χ0) is 12.5. The molecular weight excluding hydrogens is 226 g/mol. The molecule has 1 fully saturated rings. The van der Waals surface area contributed by atoms with Crippen LogP contribution in [0.2, 0.25) is 0 Å². The number of nitrogens with zero attached hydrogens (tertiary/aromatic N) is 2. The Morgan fingerprint density at radius 1 is 1.53 bits per heavy atom. The lowest BCUT2D eigenvalue weighted by Crippen LogP contribution is -2.32. The predicted octanol–water partition coefficient (Wildman–Crippen LogP) is 3.42. The molecule has 1 aromatic heterocycles. The summed E-state index contributed by atoms with van der Waals surface area (Å²) in [4.78, 5) is 0. The van der Waals surface area contributed by atoms with Gasteiger partial charge in [0.2, 0.25) is 0 Å². The molecule has 0 unspecified atom stereocenters. The van der Waals surface area contributed by atoms with Gasteiger partial charge in [-0.1, -0.05) is 0 Å². The molecule has 1 aliphatic rings. The van der Waals surface area contributed by atoms with Crippen LogP contribution in [-0.2, 0) is 0 Å². The third-order valence-corrected chi connectivity index (χ3v) is 3.00. The summed E-state index contributed by atoms with van der Waals surface area (Å²) in [6.45, 7) is 4.01. The first kappa shape index (κ1) is 12.3. The van der Waals surface area contributed by atoms with Gasteiger partial charge in [-0.3, -0.25) is 4.68 Å². The molecule has 0 aromatic carbocycles. The molecule has 1 aliphatic carbocycles. The lowest BCUT2D eigenvalue weighted by atomic mass is 9.94. The molecule has 5 heteroatoms. The highest BCUT2D eigenvalue weighted by Gasteiger charge is 2.37. The third-order valence-electron chi connectivity index (χ3n) is 3.00. The minimum absolute atomic E-state index is 0.0158. The molecule has 0 radical (unpaired) electrons. The van der Waals surface area contributed by atoms with E-state index >= 15 is 0 Å². The van der Waals surface area contributed by atoms with Crippen molar-refractivity contribution in [1.29, 1.82) is 0 Å². The van der Waals surface area contributed by atoms with Crippen molar-refractivity contribution in [1.82, 2.24) is 9.78 Å². The van der Waals surface area contributed by atoms with Crippen molar-refractivity contribution in [3.8, 4) is 5.75 Å². The Morgan fingerprint density at radius 3 is 2.88 bits per heavy atom. The van der Waals surface area contributed by atoms with Crippen LogP contribution in [0.1, 0.15) is 45.6 Å². The quantitative estimate of drug-likeness (QED) is 0.814. The fraction of sp³-hybridized carbons (Fsp3) is 0.750. The molecule has 0 N–H and O–H groups in total. The molecule has 0 aliphatic heterocycles. The molecule has 0 saturated heterocycles. The number of aromatic nitrogens is 2. The van der Waals surface area contributed by atoms with Gasteiger partial charge in [0.25, 0.3) is 5.92 Å². The van der Waals surface area contributed by atoms with Crippen molar-refractivity contribution in [3.05, 3.63) is 12.4 Å². The van der Waals surface area contributed by atoms with Gasteiger partial charge in [0.05, 0.1) is 12.4 Å². The topological polar surface area (TPSA) is 27.1 Å². The van der Waals surface area contributed by atoms with Crippen molar-refractivity contribution >= 4 is 0 Å². The number of alkyl halides is 2. The number of rotatable bonds is 3. The molecule has 96 valence electrons. The maximum atomic E-state index is 13.2. The molecule has 2 rings (SSSR count). The van der Waals surface area contributed by atoms with Gasteiger partial charge in [0.1, 0.15) is 6.10 Å². The van der Waals surface area contributed by atoms with Crippen molar-refractivity contribution in [2.45, 2.75) is 57.6 Å². The van der Waals surface area contributed by atoms with Crippen LogP contribution in [0.15, 0.2) is 12.4 Å². The van der Waals surface area contributed by atoms with Gasteiger partial charge in [-0.25, -0.2) is 8.78 Å². The van der Waals surface area contributed by atoms with E-state index in [1.807, 2.05) is 13.8 Å². The zero-order valence-electron chi connectivity index (χ0n) is 10.2. The summed E-state index contributed by atoms with van der Waals surface area (Å²) in [5.41, 5.74) is 0. The molecule has 1 atom stereocenters. The summed E-state index contributed by atoms with van der Waals surface area (Å²) in [6.07, 6.45) is 3.99. The Kier molecular flexibility index (Phi) is 3.35. The third kappa shape index (κ3) is 3.17. The lowest BCUT2D eigenvalue weighted by molar-refractivity contribution is -0.0695. The van der Waals surface area contributed by atoms with Crippen LogP contribution in [0.4, 0.5) is 8.78 Å². The van der Waals surface area contributed by atoms with Crippen LogP contribution < -0.4 is 4.74 Å². The molecule has 3 nitrogen and oxygen atoms in total. The first-order valence-corrected chi connectivity index (χ1v) is 6.05.